The lowest BCUT2D eigenvalue weighted by Crippen LogP contribution is -2.51. The monoisotopic (exact) mass is 326 g/mol. The summed E-state index contributed by atoms with van der Waals surface area (Å²) in [4.78, 5) is 16.6. The van der Waals surface area contributed by atoms with Gasteiger partial charge in [-0.05, 0) is 32.1 Å². The van der Waals surface area contributed by atoms with Gasteiger partial charge in [-0.1, -0.05) is 0 Å². The molecule has 0 aromatic heterocycles. The van der Waals surface area contributed by atoms with Crippen LogP contribution in [0.2, 0.25) is 0 Å². The number of rotatable bonds is 5. The van der Waals surface area contributed by atoms with Crippen LogP contribution in [-0.2, 0) is 19.0 Å². The van der Waals surface area contributed by atoms with Crippen molar-refractivity contribution in [1.82, 2.24) is 9.80 Å². The van der Waals surface area contributed by atoms with Gasteiger partial charge in [0.15, 0.2) is 0 Å². The van der Waals surface area contributed by atoms with Crippen LogP contribution in [0.15, 0.2) is 0 Å². The molecule has 3 saturated heterocycles. The average molecular weight is 326 g/mol. The standard InChI is InChI=1S/C17H30N2O4/c1-2-21-13-16(20)19-5-3-4-17(14-19)10-15(12-23-17)11-18-6-8-22-9-7-18/h15H,2-14H2,1H3/t15-,17-/m0/s1. The number of morpholine rings is 1. The molecule has 3 heterocycles. The second-order valence-electron chi connectivity index (χ2n) is 7.03. The molecule has 6 nitrogen and oxygen atoms in total. The van der Waals surface area contributed by atoms with Gasteiger partial charge in [0.25, 0.3) is 0 Å². The highest BCUT2D eigenvalue weighted by Gasteiger charge is 2.44. The first-order valence-corrected chi connectivity index (χ1v) is 9.00. The van der Waals surface area contributed by atoms with E-state index < -0.39 is 0 Å². The lowest BCUT2D eigenvalue weighted by Gasteiger charge is -2.40. The fourth-order valence-electron chi connectivity index (χ4n) is 4.08. The number of carbonyl (C=O) groups excluding carboxylic acids is 1. The Morgan fingerprint density at radius 3 is 2.91 bits per heavy atom. The van der Waals surface area contributed by atoms with E-state index in [2.05, 4.69) is 4.90 Å². The van der Waals surface area contributed by atoms with Crippen molar-refractivity contribution >= 4 is 5.91 Å². The van der Waals surface area contributed by atoms with Crippen LogP contribution in [0.25, 0.3) is 0 Å². The minimum absolute atomic E-state index is 0.103. The fourth-order valence-corrected chi connectivity index (χ4v) is 4.08. The Labute approximate surface area is 139 Å². The van der Waals surface area contributed by atoms with E-state index in [0.717, 1.165) is 71.8 Å². The molecular formula is C17H30N2O4. The molecule has 3 aliphatic rings. The van der Waals surface area contributed by atoms with Crippen LogP contribution in [-0.4, -0.2) is 87.1 Å². The molecule has 3 aliphatic heterocycles. The number of hydrogen-bond donors (Lipinski definition) is 0. The zero-order valence-corrected chi connectivity index (χ0v) is 14.3. The predicted octanol–water partition coefficient (Wildman–Crippen LogP) is 0.753. The van der Waals surface area contributed by atoms with Crippen LogP contribution in [0.1, 0.15) is 26.2 Å². The van der Waals surface area contributed by atoms with Gasteiger partial charge in [-0.3, -0.25) is 9.69 Å². The molecule has 0 saturated carbocycles. The van der Waals surface area contributed by atoms with Gasteiger partial charge in [0.2, 0.25) is 5.91 Å². The summed E-state index contributed by atoms with van der Waals surface area (Å²) in [6, 6.07) is 0. The van der Waals surface area contributed by atoms with Crippen molar-refractivity contribution in [1.29, 1.82) is 0 Å². The van der Waals surface area contributed by atoms with Crippen LogP contribution in [0.5, 0.6) is 0 Å². The van der Waals surface area contributed by atoms with Crippen LogP contribution < -0.4 is 0 Å². The van der Waals surface area contributed by atoms with Gasteiger partial charge in [-0.25, -0.2) is 0 Å². The van der Waals surface area contributed by atoms with E-state index >= 15 is 0 Å². The zero-order valence-electron chi connectivity index (χ0n) is 14.3. The molecule has 0 bridgehead atoms. The largest absolute Gasteiger partial charge is 0.379 e. The van der Waals surface area contributed by atoms with Crippen molar-refractivity contribution in [3.8, 4) is 0 Å². The third-order valence-corrected chi connectivity index (χ3v) is 5.23. The quantitative estimate of drug-likeness (QED) is 0.746. The molecule has 6 heteroatoms. The van der Waals surface area contributed by atoms with Gasteiger partial charge >= 0.3 is 0 Å². The minimum atomic E-state index is -0.114. The Hall–Kier alpha value is -0.690. The summed E-state index contributed by atoms with van der Waals surface area (Å²) >= 11 is 0. The number of carbonyl (C=O) groups is 1. The fraction of sp³-hybridized carbons (Fsp3) is 0.941. The summed E-state index contributed by atoms with van der Waals surface area (Å²) in [5.74, 6) is 0.682. The number of hydrogen-bond acceptors (Lipinski definition) is 5. The first-order chi connectivity index (χ1) is 11.2. The van der Waals surface area contributed by atoms with Gasteiger partial charge in [-0.15, -0.1) is 0 Å². The molecule has 0 aromatic rings. The lowest BCUT2D eigenvalue weighted by molar-refractivity contribution is -0.143. The summed E-state index contributed by atoms with van der Waals surface area (Å²) < 4.78 is 16.9. The molecule has 0 aromatic carbocycles. The highest BCUT2D eigenvalue weighted by molar-refractivity contribution is 5.77. The maximum Gasteiger partial charge on any atom is 0.248 e. The van der Waals surface area contributed by atoms with E-state index in [-0.39, 0.29) is 18.1 Å². The first kappa shape index (κ1) is 17.1. The maximum absolute atomic E-state index is 12.2. The number of ether oxygens (including phenoxy) is 3. The van der Waals surface area contributed by atoms with Gasteiger partial charge in [0.1, 0.15) is 6.61 Å². The van der Waals surface area contributed by atoms with Gasteiger partial charge in [-0.2, -0.15) is 0 Å². The van der Waals surface area contributed by atoms with E-state index in [9.17, 15) is 4.79 Å². The van der Waals surface area contributed by atoms with Gasteiger partial charge in [0.05, 0.1) is 25.4 Å². The molecule has 1 spiro atoms. The van der Waals surface area contributed by atoms with Crippen LogP contribution in [0, 0.1) is 5.92 Å². The van der Waals surface area contributed by atoms with Crippen LogP contribution >= 0.6 is 0 Å². The molecular weight excluding hydrogens is 296 g/mol. The van der Waals surface area contributed by atoms with Crippen molar-refractivity contribution in [3.63, 3.8) is 0 Å². The first-order valence-electron chi connectivity index (χ1n) is 9.00. The average Bonchev–Trinajstić information content (AvgIpc) is 2.95. The van der Waals surface area contributed by atoms with Crippen LogP contribution in [0.3, 0.4) is 0 Å². The summed E-state index contributed by atoms with van der Waals surface area (Å²) in [5.41, 5.74) is -0.114. The number of likely N-dealkylation sites (tertiary alicyclic amines) is 1. The van der Waals surface area contributed by atoms with E-state index in [4.69, 9.17) is 14.2 Å². The molecule has 0 N–H and O–H groups in total. The number of amides is 1. The SMILES string of the molecule is CCOCC(=O)N1CCC[C@]2(C[C@@H](CN3CCOCC3)CO2)C1. The number of piperidine rings is 1. The summed E-state index contributed by atoms with van der Waals surface area (Å²) in [6.45, 7) is 9.95. The second kappa shape index (κ2) is 7.92. The van der Waals surface area contributed by atoms with Crippen molar-refractivity contribution in [2.75, 3.05) is 65.8 Å². The molecule has 132 valence electrons. The molecule has 0 aliphatic carbocycles. The third-order valence-electron chi connectivity index (χ3n) is 5.23. The summed E-state index contributed by atoms with van der Waals surface area (Å²) in [5, 5.41) is 0. The Bertz CT molecular complexity index is 400. The van der Waals surface area contributed by atoms with Crippen molar-refractivity contribution < 1.29 is 19.0 Å². The molecule has 3 rings (SSSR count). The Kier molecular flexibility index (Phi) is 5.91. The molecule has 3 fully saturated rings. The van der Waals surface area contributed by atoms with Gasteiger partial charge in [0, 0.05) is 39.3 Å². The predicted molar refractivity (Wildman–Crippen MR) is 86.4 cm³/mol. The third kappa shape index (κ3) is 4.44. The molecule has 2 atom stereocenters. The number of nitrogens with zero attached hydrogens (tertiary/aromatic N) is 2. The van der Waals surface area contributed by atoms with E-state index in [1.165, 1.54) is 0 Å². The molecule has 0 radical (unpaired) electrons. The smallest absolute Gasteiger partial charge is 0.248 e. The van der Waals surface area contributed by atoms with Crippen LogP contribution in [0.4, 0.5) is 0 Å². The Morgan fingerprint density at radius 1 is 1.30 bits per heavy atom. The van der Waals surface area contributed by atoms with E-state index in [1.54, 1.807) is 0 Å². The summed E-state index contributed by atoms with van der Waals surface area (Å²) in [6.07, 6.45) is 3.18. The lowest BCUT2D eigenvalue weighted by atomic mass is 9.86. The molecule has 1 amide bonds. The molecule has 0 unspecified atom stereocenters. The Morgan fingerprint density at radius 2 is 2.13 bits per heavy atom. The molecule has 23 heavy (non-hydrogen) atoms. The van der Waals surface area contributed by atoms with Crippen molar-refractivity contribution in [3.05, 3.63) is 0 Å². The highest BCUT2D eigenvalue weighted by Crippen LogP contribution is 2.37. The second-order valence-corrected chi connectivity index (χ2v) is 7.03. The minimum Gasteiger partial charge on any atom is -0.379 e. The normalized spacial score (nSPS) is 32.6. The Balaban J connectivity index is 1.50. The maximum atomic E-state index is 12.2. The van der Waals surface area contributed by atoms with Crippen molar-refractivity contribution in [2.45, 2.75) is 31.8 Å². The van der Waals surface area contributed by atoms with Crippen molar-refractivity contribution in [2.24, 2.45) is 5.92 Å². The zero-order chi connectivity index (χ0) is 16.1. The van der Waals surface area contributed by atoms with Gasteiger partial charge < -0.3 is 19.1 Å². The van der Waals surface area contributed by atoms with E-state index in [1.807, 2.05) is 11.8 Å². The van der Waals surface area contributed by atoms with E-state index in [0.29, 0.717) is 12.5 Å². The highest BCUT2D eigenvalue weighted by atomic mass is 16.5. The summed E-state index contributed by atoms with van der Waals surface area (Å²) in [7, 11) is 0. The topological polar surface area (TPSA) is 51.2 Å².